The van der Waals surface area contributed by atoms with Gasteiger partial charge in [0, 0.05) is 23.6 Å². The summed E-state index contributed by atoms with van der Waals surface area (Å²) in [6.07, 6.45) is 2.45. The number of para-hydroxylation sites is 1. The molecule has 0 saturated heterocycles. The van der Waals surface area contributed by atoms with Crippen molar-refractivity contribution in [2.75, 3.05) is 6.54 Å². The summed E-state index contributed by atoms with van der Waals surface area (Å²) in [5.41, 5.74) is 7.99. The summed E-state index contributed by atoms with van der Waals surface area (Å²) in [7, 11) is 0. The van der Waals surface area contributed by atoms with Gasteiger partial charge in [0.15, 0.2) is 0 Å². The van der Waals surface area contributed by atoms with Crippen LogP contribution < -0.4 is 11.1 Å². The number of hydrogen-bond donors (Lipinski definition) is 4. The van der Waals surface area contributed by atoms with Crippen LogP contribution in [0.3, 0.4) is 0 Å². The van der Waals surface area contributed by atoms with Crippen molar-refractivity contribution >= 4 is 16.8 Å². The average Bonchev–Trinajstić information content (AvgIpc) is 2.87. The highest BCUT2D eigenvalue weighted by Crippen LogP contribution is 2.18. The van der Waals surface area contributed by atoms with E-state index in [-0.39, 0.29) is 12.5 Å². The van der Waals surface area contributed by atoms with Gasteiger partial charge in [-0.1, -0.05) is 25.1 Å². The van der Waals surface area contributed by atoms with Crippen LogP contribution in [0.4, 0.5) is 0 Å². The van der Waals surface area contributed by atoms with E-state index in [4.69, 9.17) is 5.73 Å². The maximum atomic E-state index is 11.9. The molecule has 5 nitrogen and oxygen atoms in total. The number of nitrogens with one attached hydrogen (secondary N) is 2. The third kappa shape index (κ3) is 3.37. The Morgan fingerprint density at radius 1 is 1.45 bits per heavy atom. The van der Waals surface area contributed by atoms with Crippen LogP contribution in [0.1, 0.15) is 18.9 Å². The third-order valence-corrected chi connectivity index (χ3v) is 3.43. The molecule has 1 aromatic heterocycles. The highest BCUT2D eigenvalue weighted by atomic mass is 16.3. The SMILES string of the molecule is CCC(O)CNC(=O)[C@@H](N)Cc1c[nH]c2ccccc12. The normalized spacial score (nSPS) is 14.2. The van der Waals surface area contributed by atoms with Gasteiger partial charge in [0.2, 0.25) is 5.91 Å². The Hall–Kier alpha value is -1.85. The van der Waals surface area contributed by atoms with E-state index in [1.54, 1.807) is 0 Å². The second-order valence-corrected chi connectivity index (χ2v) is 4.98. The van der Waals surface area contributed by atoms with Gasteiger partial charge in [0.25, 0.3) is 0 Å². The molecule has 2 aromatic rings. The zero-order chi connectivity index (χ0) is 14.5. The Bertz CT molecular complexity index is 579. The molecule has 0 spiro atoms. The molecule has 1 unspecified atom stereocenters. The van der Waals surface area contributed by atoms with Gasteiger partial charge in [-0.2, -0.15) is 0 Å². The fourth-order valence-corrected chi connectivity index (χ4v) is 2.12. The summed E-state index contributed by atoms with van der Waals surface area (Å²) in [5, 5.41) is 13.2. The second-order valence-electron chi connectivity index (χ2n) is 4.98. The van der Waals surface area contributed by atoms with Gasteiger partial charge in [-0.3, -0.25) is 4.79 Å². The molecule has 0 aliphatic carbocycles. The van der Waals surface area contributed by atoms with Crippen LogP contribution in [-0.4, -0.2) is 34.7 Å². The summed E-state index contributed by atoms with van der Waals surface area (Å²) in [6, 6.07) is 7.30. The van der Waals surface area contributed by atoms with Gasteiger partial charge in [-0.15, -0.1) is 0 Å². The molecule has 2 atom stereocenters. The Kier molecular flexibility index (Phi) is 4.76. The van der Waals surface area contributed by atoms with Crippen molar-refractivity contribution in [2.24, 2.45) is 5.73 Å². The highest BCUT2D eigenvalue weighted by molar-refractivity contribution is 5.86. The lowest BCUT2D eigenvalue weighted by Crippen LogP contribution is -2.44. The number of aromatic amines is 1. The summed E-state index contributed by atoms with van der Waals surface area (Å²) < 4.78 is 0. The molecule has 0 bridgehead atoms. The highest BCUT2D eigenvalue weighted by Gasteiger charge is 2.16. The van der Waals surface area contributed by atoms with Gasteiger partial charge in [-0.05, 0) is 24.5 Å². The molecule has 0 saturated carbocycles. The first kappa shape index (κ1) is 14.6. The second kappa shape index (κ2) is 6.54. The van der Waals surface area contributed by atoms with E-state index >= 15 is 0 Å². The van der Waals surface area contributed by atoms with Crippen molar-refractivity contribution in [3.05, 3.63) is 36.0 Å². The maximum Gasteiger partial charge on any atom is 0.237 e. The molecular formula is C15H21N3O2. The molecule has 0 aliphatic heterocycles. The predicted octanol–water partition coefficient (Wildman–Crippen LogP) is 0.925. The van der Waals surface area contributed by atoms with Crippen LogP contribution in [0.2, 0.25) is 0 Å². The number of rotatable bonds is 6. The maximum absolute atomic E-state index is 11.9. The number of hydrogen-bond acceptors (Lipinski definition) is 3. The lowest BCUT2D eigenvalue weighted by molar-refractivity contribution is -0.122. The zero-order valence-electron chi connectivity index (χ0n) is 11.6. The van der Waals surface area contributed by atoms with Crippen LogP contribution in [-0.2, 0) is 11.2 Å². The predicted molar refractivity (Wildman–Crippen MR) is 79.3 cm³/mol. The first-order valence-corrected chi connectivity index (χ1v) is 6.88. The number of aromatic nitrogens is 1. The molecular weight excluding hydrogens is 254 g/mol. The molecule has 2 rings (SSSR count). The van der Waals surface area contributed by atoms with E-state index < -0.39 is 12.1 Å². The fourth-order valence-electron chi connectivity index (χ4n) is 2.12. The van der Waals surface area contributed by atoms with Crippen molar-refractivity contribution in [3.63, 3.8) is 0 Å². The van der Waals surface area contributed by atoms with Crippen molar-refractivity contribution in [3.8, 4) is 0 Å². The van der Waals surface area contributed by atoms with Crippen molar-refractivity contribution < 1.29 is 9.90 Å². The molecule has 1 amide bonds. The van der Waals surface area contributed by atoms with E-state index in [0.29, 0.717) is 12.8 Å². The number of carbonyl (C=O) groups excluding carboxylic acids is 1. The van der Waals surface area contributed by atoms with Crippen LogP contribution in [0.25, 0.3) is 10.9 Å². The van der Waals surface area contributed by atoms with E-state index in [1.807, 2.05) is 37.4 Å². The lowest BCUT2D eigenvalue weighted by Gasteiger charge is -2.14. The molecule has 0 fully saturated rings. The van der Waals surface area contributed by atoms with Crippen molar-refractivity contribution in [1.82, 2.24) is 10.3 Å². The summed E-state index contributed by atoms with van der Waals surface area (Å²) in [4.78, 5) is 15.0. The quantitative estimate of drug-likeness (QED) is 0.632. The zero-order valence-corrected chi connectivity index (χ0v) is 11.6. The number of aliphatic hydroxyl groups excluding tert-OH is 1. The number of carbonyl (C=O) groups is 1. The Labute approximate surface area is 118 Å². The minimum atomic E-state index is -0.613. The number of H-pyrrole nitrogens is 1. The molecule has 0 aliphatic rings. The number of fused-ring (bicyclic) bond motifs is 1. The van der Waals surface area contributed by atoms with Crippen LogP contribution in [0, 0.1) is 0 Å². The van der Waals surface area contributed by atoms with E-state index in [2.05, 4.69) is 10.3 Å². The monoisotopic (exact) mass is 275 g/mol. The van der Waals surface area contributed by atoms with E-state index in [1.165, 1.54) is 0 Å². The molecule has 5 heteroatoms. The first-order chi connectivity index (χ1) is 9.61. The van der Waals surface area contributed by atoms with Crippen LogP contribution in [0.15, 0.2) is 30.5 Å². The molecule has 20 heavy (non-hydrogen) atoms. The number of aliphatic hydroxyl groups is 1. The van der Waals surface area contributed by atoms with Crippen molar-refractivity contribution in [1.29, 1.82) is 0 Å². The Balaban J connectivity index is 1.97. The number of benzene rings is 1. The largest absolute Gasteiger partial charge is 0.391 e. The minimum Gasteiger partial charge on any atom is -0.391 e. The van der Waals surface area contributed by atoms with Crippen LogP contribution >= 0.6 is 0 Å². The van der Waals surface area contributed by atoms with Crippen molar-refractivity contribution in [2.45, 2.75) is 31.9 Å². The Morgan fingerprint density at radius 2 is 2.20 bits per heavy atom. The van der Waals surface area contributed by atoms with Gasteiger partial charge >= 0.3 is 0 Å². The third-order valence-electron chi connectivity index (χ3n) is 3.43. The molecule has 108 valence electrons. The Morgan fingerprint density at radius 3 is 2.95 bits per heavy atom. The summed E-state index contributed by atoms with van der Waals surface area (Å²) >= 11 is 0. The van der Waals surface area contributed by atoms with Crippen LogP contribution in [0.5, 0.6) is 0 Å². The standard InChI is InChI=1S/C15H21N3O2/c1-2-11(19)9-18-15(20)13(16)7-10-8-17-14-6-4-3-5-12(10)14/h3-6,8,11,13,17,19H,2,7,9,16H2,1H3,(H,18,20)/t11?,13-/m0/s1. The number of amides is 1. The lowest BCUT2D eigenvalue weighted by atomic mass is 10.1. The van der Waals surface area contributed by atoms with E-state index in [0.717, 1.165) is 16.5 Å². The fraction of sp³-hybridized carbons (Fsp3) is 0.400. The molecule has 5 N–H and O–H groups in total. The smallest absolute Gasteiger partial charge is 0.237 e. The van der Waals surface area contributed by atoms with Gasteiger partial charge in [0.1, 0.15) is 0 Å². The van der Waals surface area contributed by atoms with Gasteiger partial charge in [-0.25, -0.2) is 0 Å². The molecule has 1 heterocycles. The average molecular weight is 275 g/mol. The first-order valence-electron chi connectivity index (χ1n) is 6.88. The van der Waals surface area contributed by atoms with Gasteiger partial charge in [0.05, 0.1) is 12.1 Å². The molecule has 1 aromatic carbocycles. The minimum absolute atomic E-state index is 0.234. The summed E-state index contributed by atoms with van der Waals surface area (Å²) in [5.74, 6) is -0.234. The molecule has 0 radical (unpaired) electrons. The summed E-state index contributed by atoms with van der Waals surface area (Å²) in [6.45, 7) is 2.11. The number of nitrogens with two attached hydrogens (primary N) is 1. The van der Waals surface area contributed by atoms with Gasteiger partial charge < -0.3 is 21.1 Å². The topological polar surface area (TPSA) is 91.1 Å². The van der Waals surface area contributed by atoms with E-state index in [9.17, 15) is 9.90 Å².